The quantitative estimate of drug-likeness (QED) is 0.438. The van der Waals surface area contributed by atoms with Crippen LogP contribution in [0.5, 0.6) is 0 Å². The normalized spacial score (nSPS) is 13.6. The van der Waals surface area contributed by atoms with Gasteiger partial charge in [0.25, 0.3) is 11.8 Å². The molecule has 0 radical (unpaired) electrons. The topological polar surface area (TPSA) is 90.5 Å². The minimum absolute atomic E-state index is 0.0587. The molecule has 0 bridgehead atoms. The van der Waals surface area contributed by atoms with E-state index < -0.39 is 0 Å². The molecular formula is C29H32N4O3. The predicted molar refractivity (Wildman–Crippen MR) is 142 cm³/mol. The van der Waals surface area contributed by atoms with E-state index in [-0.39, 0.29) is 24.3 Å². The van der Waals surface area contributed by atoms with E-state index >= 15 is 0 Å². The van der Waals surface area contributed by atoms with Gasteiger partial charge in [-0.05, 0) is 72.9 Å². The lowest BCUT2D eigenvalue weighted by Gasteiger charge is -2.30. The minimum Gasteiger partial charge on any atom is -0.376 e. The summed E-state index contributed by atoms with van der Waals surface area (Å²) in [6.07, 6.45) is 2.09. The van der Waals surface area contributed by atoms with Crippen molar-refractivity contribution in [2.45, 2.75) is 26.3 Å². The summed E-state index contributed by atoms with van der Waals surface area (Å²) in [6.45, 7) is 4.37. The fourth-order valence-corrected chi connectivity index (χ4v) is 4.10. The van der Waals surface area contributed by atoms with Crippen molar-refractivity contribution in [3.8, 4) is 0 Å². The molecule has 0 spiro atoms. The van der Waals surface area contributed by atoms with Crippen LogP contribution in [0.3, 0.4) is 0 Å². The van der Waals surface area contributed by atoms with Crippen molar-refractivity contribution in [2.24, 2.45) is 5.92 Å². The summed E-state index contributed by atoms with van der Waals surface area (Å²) in [5.74, 6) is 0.353. The molecule has 7 nitrogen and oxygen atoms in total. The van der Waals surface area contributed by atoms with Gasteiger partial charge in [-0.15, -0.1) is 0 Å². The van der Waals surface area contributed by atoms with Gasteiger partial charge in [0.15, 0.2) is 0 Å². The second-order valence-electron chi connectivity index (χ2n) is 9.20. The SMILES string of the molecule is CC1CCN(C(=O)c2ccc(NCC(=O)Nc3ccc(C(=O)NCc4ccccc4)cc3)cc2)CC1. The molecule has 1 fully saturated rings. The number of piperidine rings is 1. The summed E-state index contributed by atoms with van der Waals surface area (Å²) in [7, 11) is 0. The van der Waals surface area contributed by atoms with Crippen molar-refractivity contribution in [3.05, 3.63) is 95.6 Å². The number of likely N-dealkylation sites (tertiary alicyclic amines) is 1. The Morgan fingerprint density at radius 3 is 2.08 bits per heavy atom. The van der Waals surface area contributed by atoms with Crippen molar-refractivity contribution >= 4 is 29.1 Å². The Morgan fingerprint density at radius 2 is 1.42 bits per heavy atom. The smallest absolute Gasteiger partial charge is 0.253 e. The van der Waals surface area contributed by atoms with Crippen molar-refractivity contribution in [1.29, 1.82) is 0 Å². The van der Waals surface area contributed by atoms with E-state index in [9.17, 15) is 14.4 Å². The van der Waals surface area contributed by atoms with Gasteiger partial charge in [0, 0.05) is 42.1 Å². The molecule has 3 amide bonds. The first-order chi connectivity index (χ1) is 17.5. The molecule has 1 aliphatic rings. The maximum Gasteiger partial charge on any atom is 0.253 e. The number of carbonyl (C=O) groups excluding carboxylic acids is 3. The Hall–Kier alpha value is -4.13. The molecule has 0 saturated carbocycles. The number of hydrogen-bond acceptors (Lipinski definition) is 4. The van der Waals surface area contributed by atoms with Crippen LogP contribution in [0.4, 0.5) is 11.4 Å². The summed E-state index contributed by atoms with van der Waals surface area (Å²) in [4.78, 5) is 39.3. The Morgan fingerprint density at radius 1 is 0.806 bits per heavy atom. The summed E-state index contributed by atoms with van der Waals surface area (Å²) in [6, 6.07) is 23.7. The molecule has 0 aromatic heterocycles. The summed E-state index contributed by atoms with van der Waals surface area (Å²) in [5, 5.41) is 8.78. The molecular weight excluding hydrogens is 452 g/mol. The van der Waals surface area contributed by atoms with E-state index in [0.717, 1.165) is 37.2 Å². The molecule has 3 aromatic carbocycles. The second-order valence-corrected chi connectivity index (χ2v) is 9.20. The van der Waals surface area contributed by atoms with Crippen LogP contribution in [0.25, 0.3) is 0 Å². The van der Waals surface area contributed by atoms with E-state index in [2.05, 4.69) is 22.9 Å². The van der Waals surface area contributed by atoms with Gasteiger partial charge in [-0.2, -0.15) is 0 Å². The van der Waals surface area contributed by atoms with Crippen LogP contribution in [0, 0.1) is 5.92 Å². The van der Waals surface area contributed by atoms with Crippen LogP contribution in [-0.4, -0.2) is 42.3 Å². The zero-order chi connectivity index (χ0) is 25.3. The molecule has 1 heterocycles. The summed E-state index contributed by atoms with van der Waals surface area (Å²) < 4.78 is 0. The first-order valence-electron chi connectivity index (χ1n) is 12.3. The number of hydrogen-bond donors (Lipinski definition) is 3. The van der Waals surface area contributed by atoms with E-state index in [4.69, 9.17) is 0 Å². The molecule has 1 saturated heterocycles. The van der Waals surface area contributed by atoms with Crippen LogP contribution in [-0.2, 0) is 11.3 Å². The zero-order valence-corrected chi connectivity index (χ0v) is 20.5. The maximum atomic E-state index is 12.7. The number of carbonyl (C=O) groups is 3. The Kier molecular flexibility index (Phi) is 8.34. The second kappa shape index (κ2) is 12.0. The first kappa shape index (κ1) is 25.0. The average Bonchev–Trinajstić information content (AvgIpc) is 2.92. The lowest BCUT2D eigenvalue weighted by molar-refractivity contribution is -0.114. The minimum atomic E-state index is -0.209. The van der Waals surface area contributed by atoms with Gasteiger partial charge in [-0.3, -0.25) is 14.4 Å². The van der Waals surface area contributed by atoms with Crippen molar-refractivity contribution in [3.63, 3.8) is 0 Å². The molecule has 4 rings (SSSR count). The highest BCUT2D eigenvalue weighted by atomic mass is 16.2. The number of nitrogens with one attached hydrogen (secondary N) is 3. The van der Waals surface area contributed by atoms with Gasteiger partial charge < -0.3 is 20.9 Å². The molecule has 3 aromatic rings. The van der Waals surface area contributed by atoms with Crippen molar-refractivity contribution in [2.75, 3.05) is 30.3 Å². The molecule has 7 heteroatoms. The number of anilines is 2. The van der Waals surface area contributed by atoms with Crippen LogP contribution in [0.1, 0.15) is 46.0 Å². The lowest BCUT2D eigenvalue weighted by atomic mass is 9.98. The third kappa shape index (κ3) is 6.95. The molecule has 0 aliphatic carbocycles. The number of rotatable bonds is 8. The van der Waals surface area contributed by atoms with Gasteiger partial charge in [0.2, 0.25) is 5.91 Å². The molecule has 0 atom stereocenters. The molecule has 3 N–H and O–H groups in total. The van der Waals surface area contributed by atoms with Gasteiger partial charge in [-0.1, -0.05) is 37.3 Å². The first-order valence-corrected chi connectivity index (χ1v) is 12.3. The van der Waals surface area contributed by atoms with Crippen LogP contribution >= 0.6 is 0 Å². The van der Waals surface area contributed by atoms with E-state index in [1.165, 1.54) is 0 Å². The van der Waals surface area contributed by atoms with Crippen LogP contribution < -0.4 is 16.0 Å². The largest absolute Gasteiger partial charge is 0.376 e. The third-order valence-electron chi connectivity index (χ3n) is 6.38. The fourth-order valence-electron chi connectivity index (χ4n) is 4.10. The lowest BCUT2D eigenvalue weighted by Crippen LogP contribution is -2.37. The van der Waals surface area contributed by atoms with Gasteiger partial charge >= 0.3 is 0 Å². The number of benzene rings is 3. The van der Waals surface area contributed by atoms with Crippen LogP contribution in [0.15, 0.2) is 78.9 Å². The predicted octanol–water partition coefficient (Wildman–Crippen LogP) is 4.54. The van der Waals surface area contributed by atoms with E-state index in [1.807, 2.05) is 47.4 Å². The molecule has 186 valence electrons. The molecule has 36 heavy (non-hydrogen) atoms. The maximum absolute atomic E-state index is 12.7. The highest BCUT2D eigenvalue weighted by molar-refractivity contribution is 5.97. The van der Waals surface area contributed by atoms with Gasteiger partial charge in [0.1, 0.15) is 0 Å². The van der Waals surface area contributed by atoms with Crippen LogP contribution in [0.2, 0.25) is 0 Å². The molecule has 1 aliphatic heterocycles. The monoisotopic (exact) mass is 484 g/mol. The third-order valence-corrected chi connectivity index (χ3v) is 6.38. The van der Waals surface area contributed by atoms with Gasteiger partial charge in [-0.25, -0.2) is 0 Å². The fraction of sp³-hybridized carbons (Fsp3) is 0.276. The average molecular weight is 485 g/mol. The summed E-state index contributed by atoms with van der Waals surface area (Å²) >= 11 is 0. The Labute approximate surface area is 211 Å². The highest BCUT2D eigenvalue weighted by Gasteiger charge is 2.21. The van der Waals surface area contributed by atoms with Crippen molar-refractivity contribution in [1.82, 2.24) is 10.2 Å². The number of amides is 3. The van der Waals surface area contributed by atoms with E-state index in [1.54, 1.807) is 36.4 Å². The Bertz CT molecular complexity index is 1170. The highest BCUT2D eigenvalue weighted by Crippen LogP contribution is 2.19. The standard InChI is InChI=1S/C29H32N4O3/c1-21-15-17-33(18-16-21)29(36)24-9-11-25(12-10-24)30-20-27(34)32-26-13-7-23(8-14-26)28(35)31-19-22-5-3-2-4-6-22/h2-14,21,30H,15-20H2,1H3,(H,31,35)(H,32,34). The number of nitrogens with zero attached hydrogens (tertiary/aromatic N) is 1. The zero-order valence-electron chi connectivity index (χ0n) is 20.5. The van der Waals surface area contributed by atoms with E-state index in [0.29, 0.717) is 29.3 Å². The summed E-state index contributed by atoms with van der Waals surface area (Å²) in [5.41, 5.74) is 3.58. The molecule has 0 unspecified atom stereocenters. The van der Waals surface area contributed by atoms with Crippen molar-refractivity contribution < 1.29 is 14.4 Å². The van der Waals surface area contributed by atoms with Gasteiger partial charge in [0.05, 0.1) is 6.54 Å². The Balaban J connectivity index is 1.21.